The maximum absolute atomic E-state index is 13.2. The highest BCUT2D eigenvalue weighted by Crippen LogP contribution is 2.41. The molecule has 1 aromatic carbocycles. The molecule has 9 heteroatoms. The number of hydrogen-bond acceptors (Lipinski definition) is 5. The number of nitrogens with two attached hydrogens (primary N) is 1. The molecule has 1 saturated heterocycles. The third-order valence-corrected chi connectivity index (χ3v) is 5.73. The zero-order valence-corrected chi connectivity index (χ0v) is 15.8. The number of hydrogen-bond donors (Lipinski definition) is 1. The lowest BCUT2D eigenvalue weighted by molar-refractivity contribution is -0.139. The van der Waals surface area contributed by atoms with Gasteiger partial charge in [0.1, 0.15) is 16.7 Å². The fourth-order valence-electron chi connectivity index (χ4n) is 2.87. The highest BCUT2D eigenvalue weighted by molar-refractivity contribution is 7.99. The number of alkyl halides is 3. The molecule has 2 aromatic rings. The molecule has 0 bridgehead atoms. The normalized spacial score (nSPS) is 17.2. The molecule has 0 amide bonds. The predicted molar refractivity (Wildman–Crippen MR) is 97.2 cm³/mol. The standard InChI is InChI=1S/C18H20F4N4S/c1-17(2)5-7-26(8-6-17)14-10-24-16(15(23)25-14)27-13-4-3-11(19)9-12(13)18(20,21)22/h3-4,9-10H,5-8H2,1-2H3,(H2,23,25). The van der Waals surface area contributed by atoms with E-state index < -0.39 is 17.6 Å². The van der Waals surface area contributed by atoms with Gasteiger partial charge in [-0.2, -0.15) is 13.2 Å². The fourth-order valence-corrected chi connectivity index (χ4v) is 3.76. The van der Waals surface area contributed by atoms with Crippen molar-refractivity contribution in [3.8, 4) is 0 Å². The van der Waals surface area contributed by atoms with E-state index in [1.165, 1.54) is 6.20 Å². The van der Waals surface area contributed by atoms with Crippen molar-refractivity contribution in [1.82, 2.24) is 9.97 Å². The van der Waals surface area contributed by atoms with Gasteiger partial charge in [0.2, 0.25) is 0 Å². The Morgan fingerprint density at radius 1 is 1.19 bits per heavy atom. The Morgan fingerprint density at radius 2 is 1.85 bits per heavy atom. The van der Waals surface area contributed by atoms with Gasteiger partial charge < -0.3 is 10.6 Å². The summed E-state index contributed by atoms with van der Waals surface area (Å²) in [4.78, 5) is 10.4. The first-order chi connectivity index (χ1) is 12.5. The minimum absolute atomic E-state index is 0.0554. The summed E-state index contributed by atoms with van der Waals surface area (Å²) in [5.74, 6) is -0.281. The molecule has 4 nitrogen and oxygen atoms in total. The summed E-state index contributed by atoms with van der Waals surface area (Å²) in [6, 6.07) is 2.52. The van der Waals surface area contributed by atoms with Crippen LogP contribution in [-0.4, -0.2) is 23.1 Å². The number of halogens is 4. The van der Waals surface area contributed by atoms with Crippen molar-refractivity contribution in [2.45, 2.75) is 42.8 Å². The van der Waals surface area contributed by atoms with Crippen molar-refractivity contribution in [2.24, 2.45) is 5.41 Å². The Bertz CT molecular complexity index is 829. The van der Waals surface area contributed by atoms with Crippen LogP contribution in [0.25, 0.3) is 0 Å². The van der Waals surface area contributed by atoms with Gasteiger partial charge in [0.25, 0.3) is 0 Å². The topological polar surface area (TPSA) is 55.0 Å². The summed E-state index contributed by atoms with van der Waals surface area (Å²) in [5.41, 5.74) is 5.16. The van der Waals surface area contributed by atoms with E-state index in [0.29, 0.717) is 11.9 Å². The smallest absolute Gasteiger partial charge is 0.381 e. The molecule has 0 spiro atoms. The minimum atomic E-state index is -4.67. The molecule has 3 rings (SSSR count). The number of nitrogen functional groups attached to an aromatic ring is 1. The predicted octanol–water partition coefficient (Wildman–Crippen LogP) is 4.99. The van der Waals surface area contributed by atoms with Crippen LogP contribution in [0.15, 0.2) is 34.3 Å². The lowest BCUT2D eigenvalue weighted by Crippen LogP contribution is -2.37. The van der Waals surface area contributed by atoms with E-state index in [2.05, 4.69) is 28.7 Å². The van der Waals surface area contributed by atoms with E-state index in [1.54, 1.807) is 0 Å². The maximum atomic E-state index is 13.2. The van der Waals surface area contributed by atoms with E-state index in [1.807, 2.05) is 0 Å². The van der Waals surface area contributed by atoms with Gasteiger partial charge in [0, 0.05) is 18.0 Å². The molecule has 0 atom stereocenters. The van der Waals surface area contributed by atoms with Crippen molar-refractivity contribution in [1.29, 1.82) is 0 Å². The zero-order valence-electron chi connectivity index (χ0n) is 15.0. The minimum Gasteiger partial charge on any atom is -0.381 e. The first-order valence-corrected chi connectivity index (χ1v) is 9.29. The SMILES string of the molecule is CC1(C)CCN(c2cnc(Sc3ccc(F)cc3C(F)(F)F)c(N)n2)CC1. The molecule has 1 aliphatic rings. The second-order valence-electron chi connectivity index (χ2n) is 7.31. The molecule has 1 fully saturated rings. The highest BCUT2D eigenvalue weighted by atomic mass is 32.2. The summed E-state index contributed by atoms with van der Waals surface area (Å²) in [7, 11) is 0. The molecular formula is C18H20F4N4S. The van der Waals surface area contributed by atoms with Crippen LogP contribution in [0.2, 0.25) is 0 Å². The van der Waals surface area contributed by atoms with E-state index in [-0.39, 0.29) is 21.2 Å². The van der Waals surface area contributed by atoms with Crippen LogP contribution in [0.1, 0.15) is 32.3 Å². The van der Waals surface area contributed by atoms with E-state index in [4.69, 9.17) is 5.73 Å². The number of aromatic nitrogens is 2. The van der Waals surface area contributed by atoms with Crippen LogP contribution in [0.4, 0.5) is 29.2 Å². The molecule has 27 heavy (non-hydrogen) atoms. The van der Waals surface area contributed by atoms with Crippen molar-refractivity contribution in [3.63, 3.8) is 0 Å². The average Bonchev–Trinajstić information content (AvgIpc) is 2.57. The van der Waals surface area contributed by atoms with E-state index >= 15 is 0 Å². The largest absolute Gasteiger partial charge is 0.417 e. The van der Waals surface area contributed by atoms with Gasteiger partial charge in [-0.1, -0.05) is 25.6 Å². The Kier molecular flexibility index (Phi) is 5.24. The van der Waals surface area contributed by atoms with Crippen LogP contribution in [0.5, 0.6) is 0 Å². The molecule has 146 valence electrons. The number of piperidine rings is 1. The first kappa shape index (κ1) is 19.7. The van der Waals surface area contributed by atoms with Gasteiger partial charge in [-0.05, 0) is 36.5 Å². The third-order valence-electron chi connectivity index (χ3n) is 4.65. The summed E-state index contributed by atoms with van der Waals surface area (Å²) in [6.45, 7) is 6.07. The molecule has 2 N–H and O–H groups in total. The van der Waals surface area contributed by atoms with Crippen molar-refractivity contribution in [2.75, 3.05) is 23.7 Å². The van der Waals surface area contributed by atoms with Crippen LogP contribution >= 0.6 is 11.8 Å². The Hall–Kier alpha value is -2.03. The van der Waals surface area contributed by atoms with Crippen molar-refractivity contribution >= 4 is 23.4 Å². The lowest BCUT2D eigenvalue weighted by Gasteiger charge is -2.37. The second kappa shape index (κ2) is 7.18. The van der Waals surface area contributed by atoms with Crippen LogP contribution in [0.3, 0.4) is 0 Å². The van der Waals surface area contributed by atoms with Gasteiger partial charge >= 0.3 is 6.18 Å². The van der Waals surface area contributed by atoms with Crippen molar-refractivity contribution < 1.29 is 17.6 Å². The van der Waals surface area contributed by atoms with Crippen LogP contribution < -0.4 is 10.6 Å². The molecule has 2 heterocycles. The molecule has 0 aliphatic carbocycles. The van der Waals surface area contributed by atoms with Gasteiger partial charge in [-0.3, -0.25) is 0 Å². The zero-order chi connectivity index (χ0) is 19.8. The monoisotopic (exact) mass is 400 g/mol. The number of nitrogens with zero attached hydrogens (tertiary/aromatic N) is 3. The van der Waals surface area contributed by atoms with Gasteiger partial charge in [0.05, 0.1) is 11.8 Å². The number of benzene rings is 1. The molecule has 1 aromatic heterocycles. The van der Waals surface area contributed by atoms with Gasteiger partial charge in [-0.25, -0.2) is 14.4 Å². The second-order valence-corrected chi connectivity index (χ2v) is 8.34. The lowest BCUT2D eigenvalue weighted by atomic mass is 9.83. The fraction of sp³-hybridized carbons (Fsp3) is 0.444. The van der Waals surface area contributed by atoms with E-state index in [9.17, 15) is 17.6 Å². The summed E-state index contributed by atoms with van der Waals surface area (Å²) in [5, 5.41) is 0.160. The number of anilines is 2. The number of rotatable bonds is 3. The third kappa shape index (κ3) is 4.63. The van der Waals surface area contributed by atoms with Gasteiger partial charge in [-0.15, -0.1) is 0 Å². The molecule has 1 aliphatic heterocycles. The average molecular weight is 400 g/mol. The quantitative estimate of drug-likeness (QED) is 0.736. The molecule has 0 saturated carbocycles. The summed E-state index contributed by atoms with van der Waals surface area (Å²) in [6.07, 6.45) is -1.13. The molecule has 0 radical (unpaired) electrons. The summed E-state index contributed by atoms with van der Waals surface area (Å²) < 4.78 is 52.7. The Labute approximate surface area is 159 Å². The van der Waals surface area contributed by atoms with Crippen molar-refractivity contribution in [3.05, 3.63) is 35.8 Å². The highest BCUT2D eigenvalue weighted by Gasteiger charge is 2.34. The Balaban J connectivity index is 1.82. The maximum Gasteiger partial charge on any atom is 0.417 e. The van der Waals surface area contributed by atoms with Crippen LogP contribution in [-0.2, 0) is 6.18 Å². The summed E-state index contributed by atoms with van der Waals surface area (Å²) >= 11 is 0.728. The van der Waals surface area contributed by atoms with Gasteiger partial charge in [0.15, 0.2) is 5.82 Å². The van der Waals surface area contributed by atoms with E-state index in [0.717, 1.165) is 49.8 Å². The molecule has 0 unspecified atom stereocenters. The first-order valence-electron chi connectivity index (χ1n) is 8.47. The molecular weight excluding hydrogens is 380 g/mol. The van der Waals surface area contributed by atoms with Crippen LogP contribution in [0, 0.1) is 11.2 Å². The Morgan fingerprint density at radius 3 is 2.44 bits per heavy atom.